The van der Waals surface area contributed by atoms with Gasteiger partial charge in [-0.2, -0.15) is 5.10 Å². The van der Waals surface area contributed by atoms with E-state index in [0.29, 0.717) is 5.71 Å². The quantitative estimate of drug-likeness (QED) is 0.584. The lowest BCUT2D eigenvalue weighted by Crippen LogP contribution is -2.19. The van der Waals surface area contributed by atoms with E-state index in [1.54, 1.807) is 25.4 Å². The van der Waals surface area contributed by atoms with Crippen molar-refractivity contribution in [1.82, 2.24) is 10.4 Å². The summed E-state index contributed by atoms with van der Waals surface area (Å²) in [5.74, 6) is -0.989. The first-order valence-corrected chi connectivity index (χ1v) is 5.85. The molecule has 0 unspecified atom stereocenters. The highest BCUT2D eigenvalue weighted by molar-refractivity contribution is 6.01. The molecule has 1 aromatic heterocycles. The third-order valence-electron chi connectivity index (χ3n) is 2.63. The average molecular weight is 271 g/mol. The van der Waals surface area contributed by atoms with E-state index in [-0.39, 0.29) is 17.1 Å². The molecular weight excluding hydrogens is 258 g/mol. The number of benzene rings is 1. The van der Waals surface area contributed by atoms with Crippen molar-refractivity contribution in [3.63, 3.8) is 0 Å². The number of hydrogen-bond acceptors (Lipinski definition) is 5. The number of hydrogen-bond donors (Lipinski definition) is 3. The lowest BCUT2D eigenvalue weighted by atomic mass is 10.2. The van der Waals surface area contributed by atoms with Gasteiger partial charge < -0.3 is 10.2 Å². The summed E-state index contributed by atoms with van der Waals surface area (Å²) in [6.45, 7) is 1.73. The molecule has 0 aliphatic heterocycles. The monoisotopic (exact) mass is 271 g/mol. The van der Waals surface area contributed by atoms with Gasteiger partial charge in [-0.3, -0.25) is 9.78 Å². The Kier molecular flexibility index (Phi) is 3.95. The van der Waals surface area contributed by atoms with Crippen LogP contribution in [0.25, 0.3) is 0 Å². The minimum Gasteiger partial charge on any atom is -0.508 e. The fourth-order valence-electron chi connectivity index (χ4n) is 1.55. The molecule has 0 saturated heterocycles. The van der Waals surface area contributed by atoms with Gasteiger partial charge in [0.2, 0.25) is 0 Å². The van der Waals surface area contributed by atoms with E-state index in [1.165, 1.54) is 12.1 Å². The largest absolute Gasteiger partial charge is 0.508 e. The van der Waals surface area contributed by atoms with Crippen molar-refractivity contribution in [2.24, 2.45) is 5.10 Å². The highest BCUT2D eigenvalue weighted by atomic mass is 16.3. The summed E-state index contributed by atoms with van der Waals surface area (Å²) < 4.78 is 0. The molecular formula is C14H13N3O3. The van der Waals surface area contributed by atoms with Crippen LogP contribution in [-0.4, -0.2) is 26.8 Å². The van der Waals surface area contributed by atoms with Crippen LogP contribution in [0, 0.1) is 0 Å². The van der Waals surface area contributed by atoms with E-state index < -0.39 is 5.91 Å². The third kappa shape index (κ3) is 3.11. The molecule has 0 atom stereocenters. The minimum atomic E-state index is -0.564. The summed E-state index contributed by atoms with van der Waals surface area (Å²) in [7, 11) is 0. The van der Waals surface area contributed by atoms with Gasteiger partial charge in [0.1, 0.15) is 11.5 Å². The molecule has 1 amide bonds. The molecule has 0 spiro atoms. The van der Waals surface area contributed by atoms with Crippen molar-refractivity contribution in [2.75, 3.05) is 0 Å². The van der Waals surface area contributed by atoms with Crippen molar-refractivity contribution in [3.8, 4) is 11.5 Å². The second kappa shape index (κ2) is 5.83. The average Bonchev–Trinajstić information content (AvgIpc) is 2.45. The Bertz CT molecular complexity index is 654. The van der Waals surface area contributed by atoms with Gasteiger partial charge in [0.05, 0.1) is 11.3 Å². The zero-order valence-electron chi connectivity index (χ0n) is 10.7. The lowest BCUT2D eigenvalue weighted by Gasteiger charge is -2.04. The molecule has 0 bridgehead atoms. The Morgan fingerprint density at radius 1 is 1.30 bits per heavy atom. The lowest BCUT2D eigenvalue weighted by molar-refractivity contribution is 0.0952. The first-order valence-electron chi connectivity index (χ1n) is 5.85. The van der Waals surface area contributed by atoms with Gasteiger partial charge in [-0.05, 0) is 25.1 Å². The minimum absolute atomic E-state index is 0.0329. The van der Waals surface area contributed by atoms with E-state index in [0.717, 1.165) is 11.6 Å². The SMILES string of the molecule is C/C(=N/NC(=O)c1ccc(O)cc1O)c1cccnc1. The number of aromatic nitrogens is 1. The zero-order valence-corrected chi connectivity index (χ0v) is 10.7. The number of phenolic OH excluding ortho intramolecular Hbond substituents is 2. The molecule has 6 heteroatoms. The Morgan fingerprint density at radius 2 is 2.10 bits per heavy atom. The molecule has 1 heterocycles. The predicted molar refractivity (Wildman–Crippen MR) is 73.7 cm³/mol. The molecule has 0 aliphatic carbocycles. The van der Waals surface area contributed by atoms with Gasteiger partial charge in [-0.1, -0.05) is 6.07 Å². The first-order chi connectivity index (χ1) is 9.58. The van der Waals surface area contributed by atoms with Gasteiger partial charge in [0.15, 0.2) is 0 Å². The van der Waals surface area contributed by atoms with E-state index in [4.69, 9.17) is 5.11 Å². The second-order valence-electron chi connectivity index (χ2n) is 4.08. The Labute approximate surface area is 115 Å². The van der Waals surface area contributed by atoms with Crippen LogP contribution in [0.5, 0.6) is 11.5 Å². The highest BCUT2D eigenvalue weighted by Crippen LogP contribution is 2.22. The number of rotatable bonds is 3. The summed E-state index contributed by atoms with van der Waals surface area (Å²) in [5, 5.41) is 22.7. The predicted octanol–water partition coefficient (Wildman–Crippen LogP) is 1.65. The van der Waals surface area contributed by atoms with Crippen molar-refractivity contribution < 1.29 is 15.0 Å². The highest BCUT2D eigenvalue weighted by Gasteiger charge is 2.11. The van der Waals surface area contributed by atoms with Gasteiger partial charge in [-0.15, -0.1) is 0 Å². The summed E-state index contributed by atoms with van der Waals surface area (Å²) >= 11 is 0. The molecule has 20 heavy (non-hydrogen) atoms. The fraction of sp³-hybridized carbons (Fsp3) is 0.0714. The van der Waals surface area contributed by atoms with Crippen molar-refractivity contribution in [3.05, 3.63) is 53.9 Å². The van der Waals surface area contributed by atoms with Gasteiger partial charge in [0, 0.05) is 24.0 Å². The number of carbonyl (C=O) groups is 1. The van der Waals surface area contributed by atoms with Crippen LogP contribution in [0.2, 0.25) is 0 Å². The van der Waals surface area contributed by atoms with E-state index in [2.05, 4.69) is 15.5 Å². The Hall–Kier alpha value is -2.89. The Balaban J connectivity index is 2.12. The third-order valence-corrected chi connectivity index (χ3v) is 2.63. The normalized spacial score (nSPS) is 11.2. The van der Waals surface area contributed by atoms with Crippen molar-refractivity contribution >= 4 is 11.6 Å². The molecule has 2 aromatic rings. The molecule has 0 fully saturated rings. The van der Waals surface area contributed by atoms with Gasteiger partial charge >= 0.3 is 0 Å². The fourth-order valence-corrected chi connectivity index (χ4v) is 1.55. The number of phenols is 2. The maximum absolute atomic E-state index is 11.8. The number of nitrogens with zero attached hydrogens (tertiary/aromatic N) is 2. The molecule has 102 valence electrons. The van der Waals surface area contributed by atoms with Crippen molar-refractivity contribution in [1.29, 1.82) is 0 Å². The maximum Gasteiger partial charge on any atom is 0.275 e. The van der Waals surface area contributed by atoms with Crippen molar-refractivity contribution in [2.45, 2.75) is 6.92 Å². The number of hydrazone groups is 1. The zero-order chi connectivity index (χ0) is 14.5. The number of nitrogens with one attached hydrogen (secondary N) is 1. The van der Waals surface area contributed by atoms with Gasteiger partial charge in [0.25, 0.3) is 5.91 Å². The second-order valence-corrected chi connectivity index (χ2v) is 4.08. The van der Waals surface area contributed by atoms with Crippen LogP contribution in [0.15, 0.2) is 47.8 Å². The van der Waals surface area contributed by atoms with Gasteiger partial charge in [-0.25, -0.2) is 5.43 Å². The Morgan fingerprint density at radius 3 is 2.75 bits per heavy atom. The van der Waals surface area contributed by atoms with Crippen LogP contribution in [0.3, 0.4) is 0 Å². The summed E-state index contributed by atoms with van der Waals surface area (Å²) in [6, 6.07) is 7.30. The van der Waals surface area contributed by atoms with Crippen LogP contribution < -0.4 is 5.43 Å². The number of pyridine rings is 1. The molecule has 0 radical (unpaired) electrons. The standard InChI is InChI=1S/C14H13N3O3/c1-9(10-3-2-6-15-8-10)16-17-14(20)12-5-4-11(18)7-13(12)19/h2-8,18-19H,1H3,(H,17,20)/b16-9-. The smallest absolute Gasteiger partial charge is 0.275 e. The molecule has 0 saturated carbocycles. The molecule has 0 aliphatic rings. The summed E-state index contributed by atoms with van der Waals surface area (Å²) in [6.07, 6.45) is 3.27. The molecule has 3 N–H and O–H groups in total. The number of carbonyl (C=O) groups excluding carboxylic acids is 1. The molecule has 2 rings (SSSR count). The molecule has 6 nitrogen and oxygen atoms in total. The van der Waals surface area contributed by atoms with Crippen LogP contribution in [0.4, 0.5) is 0 Å². The summed E-state index contributed by atoms with van der Waals surface area (Å²) in [5.41, 5.74) is 3.74. The maximum atomic E-state index is 11.8. The first kappa shape index (κ1) is 13.5. The van der Waals surface area contributed by atoms with E-state index in [9.17, 15) is 9.90 Å². The van der Waals surface area contributed by atoms with E-state index >= 15 is 0 Å². The van der Waals surface area contributed by atoms with Crippen LogP contribution >= 0.6 is 0 Å². The summed E-state index contributed by atoms with van der Waals surface area (Å²) in [4.78, 5) is 15.8. The van der Waals surface area contributed by atoms with E-state index in [1.807, 2.05) is 6.07 Å². The van der Waals surface area contributed by atoms with Crippen LogP contribution in [0.1, 0.15) is 22.8 Å². The number of aromatic hydroxyl groups is 2. The van der Waals surface area contributed by atoms with Crippen LogP contribution in [-0.2, 0) is 0 Å². The number of amides is 1. The topological polar surface area (TPSA) is 94.8 Å². The molecule has 1 aromatic carbocycles.